The molecule has 2 aromatic carbocycles. The van der Waals surface area contributed by atoms with Gasteiger partial charge in [0.05, 0.1) is 17.6 Å². The van der Waals surface area contributed by atoms with Crippen molar-refractivity contribution in [2.75, 3.05) is 32.7 Å². The highest BCUT2D eigenvalue weighted by Crippen LogP contribution is 2.22. The highest BCUT2D eigenvalue weighted by Gasteiger charge is 2.21. The van der Waals surface area contributed by atoms with E-state index in [9.17, 15) is 10.4 Å². The van der Waals surface area contributed by atoms with Gasteiger partial charge in [0.15, 0.2) is 5.82 Å². The minimum Gasteiger partial charge on any atom is -0.509 e. The summed E-state index contributed by atoms with van der Waals surface area (Å²) in [5, 5.41) is 20.4. The van der Waals surface area contributed by atoms with Crippen LogP contribution in [0.2, 0.25) is 0 Å². The number of imidazole rings is 1. The lowest BCUT2D eigenvalue weighted by molar-refractivity contribution is 0.125. The average molecular weight is 387 g/mol. The zero-order valence-corrected chi connectivity index (χ0v) is 16.6. The number of nitrogens with zero attached hydrogens (tertiary/aromatic N) is 5. The van der Waals surface area contributed by atoms with Crippen molar-refractivity contribution in [3.05, 3.63) is 71.7 Å². The van der Waals surface area contributed by atoms with Gasteiger partial charge in [-0.05, 0) is 17.7 Å². The first-order valence-corrected chi connectivity index (χ1v) is 9.88. The Bertz CT molecular complexity index is 1060. The van der Waals surface area contributed by atoms with Crippen molar-refractivity contribution < 1.29 is 5.11 Å². The van der Waals surface area contributed by atoms with E-state index in [0.29, 0.717) is 12.4 Å². The molecule has 1 saturated heterocycles. The fourth-order valence-corrected chi connectivity index (χ4v) is 3.85. The molecular weight excluding hydrogens is 362 g/mol. The highest BCUT2D eigenvalue weighted by atomic mass is 16.3. The molecule has 1 aliphatic rings. The number of rotatable bonds is 5. The molecule has 0 spiro atoms. The van der Waals surface area contributed by atoms with Crippen LogP contribution in [0.4, 0.5) is 0 Å². The van der Waals surface area contributed by atoms with Gasteiger partial charge in [0.2, 0.25) is 0 Å². The van der Waals surface area contributed by atoms with Crippen LogP contribution in [0.1, 0.15) is 11.4 Å². The molecule has 1 aliphatic heterocycles. The van der Waals surface area contributed by atoms with Gasteiger partial charge in [0.1, 0.15) is 17.4 Å². The van der Waals surface area contributed by atoms with Crippen molar-refractivity contribution in [1.82, 2.24) is 19.4 Å². The number of aryl methyl sites for hydroxylation is 1. The summed E-state index contributed by atoms with van der Waals surface area (Å²) in [6.45, 7) is 4.91. The predicted molar refractivity (Wildman–Crippen MR) is 114 cm³/mol. The van der Waals surface area contributed by atoms with Gasteiger partial charge in [0.25, 0.3) is 0 Å². The normalized spacial score (nSPS) is 16.6. The second-order valence-corrected chi connectivity index (χ2v) is 7.45. The third kappa shape index (κ3) is 4.16. The first-order valence-electron chi connectivity index (χ1n) is 9.88. The van der Waals surface area contributed by atoms with E-state index in [2.05, 4.69) is 45.1 Å². The van der Waals surface area contributed by atoms with Crippen molar-refractivity contribution in [2.24, 2.45) is 7.05 Å². The Hall–Kier alpha value is -3.14. The van der Waals surface area contributed by atoms with Gasteiger partial charge >= 0.3 is 0 Å². The molecule has 0 radical (unpaired) electrons. The van der Waals surface area contributed by atoms with Crippen LogP contribution in [0.3, 0.4) is 0 Å². The Labute approximate surface area is 170 Å². The summed E-state index contributed by atoms with van der Waals surface area (Å²) in [4.78, 5) is 9.16. The van der Waals surface area contributed by atoms with Crippen LogP contribution >= 0.6 is 0 Å². The molecule has 29 heavy (non-hydrogen) atoms. The number of hydrogen-bond donors (Lipinski definition) is 1. The molecule has 1 N–H and O–H groups in total. The van der Waals surface area contributed by atoms with Gasteiger partial charge in [-0.2, -0.15) is 5.26 Å². The van der Waals surface area contributed by atoms with Crippen molar-refractivity contribution >= 4 is 16.6 Å². The lowest BCUT2D eigenvalue weighted by Gasteiger charge is -2.34. The smallest absolute Gasteiger partial charge is 0.155 e. The molecule has 0 atom stereocenters. The lowest BCUT2D eigenvalue weighted by Crippen LogP contribution is -2.46. The number of allylic oxidation sites excluding steroid dienone is 1. The number of para-hydroxylation sites is 2. The Kier molecular flexibility index (Phi) is 5.61. The third-order valence-corrected chi connectivity index (χ3v) is 5.50. The zero-order valence-electron chi connectivity index (χ0n) is 16.6. The number of benzene rings is 2. The molecule has 4 rings (SSSR count). The standard InChI is InChI=1S/C23H25N5O/c1-26-21-10-6-5-9-20(21)25-23(26)19(15-24)22(29)17-28-13-11-27(12-14-28)16-18-7-3-2-4-8-18/h2-10,29H,11-14,16-17H2,1H3/b22-19+. The SMILES string of the molecule is Cn1c(/C(C#N)=C(/O)CN2CCN(Cc3ccccc3)CC2)nc2ccccc21. The second kappa shape index (κ2) is 8.48. The molecule has 1 fully saturated rings. The topological polar surface area (TPSA) is 68.3 Å². The summed E-state index contributed by atoms with van der Waals surface area (Å²) in [5.74, 6) is 0.594. The summed E-state index contributed by atoms with van der Waals surface area (Å²) in [7, 11) is 1.87. The summed E-state index contributed by atoms with van der Waals surface area (Å²) in [6, 6.07) is 20.4. The fraction of sp³-hybridized carbons (Fsp3) is 0.304. The number of piperazine rings is 1. The number of nitriles is 1. The van der Waals surface area contributed by atoms with Crippen molar-refractivity contribution in [3.8, 4) is 6.07 Å². The Morgan fingerprint density at radius 3 is 2.34 bits per heavy atom. The molecule has 0 aliphatic carbocycles. The van der Waals surface area contributed by atoms with E-state index in [-0.39, 0.29) is 11.3 Å². The number of aliphatic hydroxyl groups excluding tert-OH is 1. The van der Waals surface area contributed by atoms with Crippen LogP contribution < -0.4 is 0 Å². The Balaban J connectivity index is 1.43. The largest absolute Gasteiger partial charge is 0.509 e. The van der Waals surface area contributed by atoms with Crippen LogP contribution in [0, 0.1) is 11.3 Å². The summed E-state index contributed by atoms with van der Waals surface area (Å²) in [5.41, 5.74) is 3.32. The molecular formula is C23H25N5O. The van der Waals surface area contributed by atoms with Crippen LogP contribution in [-0.2, 0) is 13.6 Å². The van der Waals surface area contributed by atoms with E-state index in [1.165, 1.54) is 5.56 Å². The lowest BCUT2D eigenvalue weighted by atomic mass is 10.2. The van der Waals surface area contributed by atoms with Gasteiger partial charge in [-0.25, -0.2) is 4.98 Å². The van der Waals surface area contributed by atoms with E-state index < -0.39 is 0 Å². The van der Waals surface area contributed by atoms with E-state index in [4.69, 9.17) is 0 Å². The van der Waals surface area contributed by atoms with E-state index in [1.807, 2.05) is 41.9 Å². The zero-order chi connectivity index (χ0) is 20.2. The van der Waals surface area contributed by atoms with Gasteiger partial charge in [-0.3, -0.25) is 9.80 Å². The van der Waals surface area contributed by atoms with Gasteiger partial charge in [-0.1, -0.05) is 42.5 Å². The molecule has 0 saturated carbocycles. The predicted octanol–water partition coefficient (Wildman–Crippen LogP) is 3.18. The maximum Gasteiger partial charge on any atom is 0.155 e. The molecule has 1 aromatic heterocycles. The first kappa shape index (κ1) is 19.2. The molecule has 6 heteroatoms. The van der Waals surface area contributed by atoms with E-state index >= 15 is 0 Å². The van der Waals surface area contributed by atoms with Gasteiger partial charge < -0.3 is 9.67 Å². The monoisotopic (exact) mass is 387 g/mol. The maximum atomic E-state index is 10.7. The quantitative estimate of drug-likeness (QED) is 0.538. The highest BCUT2D eigenvalue weighted by molar-refractivity contribution is 5.83. The molecule has 6 nitrogen and oxygen atoms in total. The molecule has 148 valence electrons. The maximum absolute atomic E-state index is 10.7. The third-order valence-electron chi connectivity index (χ3n) is 5.50. The number of aromatic nitrogens is 2. The van der Waals surface area contributed by atoms with Crippen LogP contribution in [-0.4, -0.2) is 57.2 Å². The second-order valence-electron chi connectivity index (χ2n) is 7.45. The summed E-state index contributed by atoms with van der Waals surface area (Å²) in [6.07, 6.45) is 0. The van der Waals surface area contributed by atoms with Crippen LogP contribution in [0.5, 0.6) is 0 Å². The molecule has 0 unspecified atom stereocenters. The van der Waals surface area contributed by atoms with Crippen LogP contribution in [0.25, 0.3) is 16.6 Å². The van der Waals surface area contributed by atoms with Crippen LogP contribution in [0.15, 0.2) is 60.4 Å². The molecule has 0 bridgehead atoms. The minimum atomic E-state index is 0.0856. The Morgan fingerprint density at radius 1 is 1.00 bits per heavy atom. The molecule has 2 heterocycles. The Morgan fingerprint density at radius 2 is 1.66 bits per heavy atom. The fourth-order valence-electron chi connectivity index (χ4n) is 3.85. The van der Waals surface area contributed by atoms with Crippen molar-refractivity contribution in [1.29, 1.82) is 5.26 Å². The van der Waals surface area contributed by atoms with Gasteiger partial charge in [0, 0.05) is 39.8 Å². The first-order chi connectivity index (χ1) is 14.2. The van der Waals surface area contributed by atoms with Crippen molar-refractivity contribution in [2.45, 2.75) is 6.54 Å². The number of hydrogen-bond acceptors (Lipinski definition) is 5. The summed E-state index contributed by atoms with van der Waals surface area (Å²) < 4.78 is 1.86. The number of aliphatic hydroxyl groups is 1. The average Bonchev–Trinajstić information content (AvgIpc) is 3.07. The molecule has 3 aromatic rings. The van der Waals surface area contributed by atoms with E-state index in [0.717, 1.165) is 43.8 Å². The number of fused-ring (bicyclic) bond motifs is 1. The summed E-state index contributed by atoms with van der Waals surface area (Å²) >= 11 is 0. The van der Waals surface area contributed by atoms with E-state index in [1.54, 1.807) is 0 Å². The van der Waals surface area contributed by atoms with Gasteiger partial charge in [-0.15, -0.1) is 0 Å². The molecule has 0 amide bonds. The van der Waals surface area contributed by atoms with Crippen molar-refractivity contribution in [3.63, 3.8) is 0 Å². The minimum absolute atomic E-state index is 0.0856.